The van der Waals surface area contributed by atoms with Crippen LogP contribution in [0.25, 0.3) is 10.9 Å². The Hall–Kier alpha value is 2.00. The molecular formula is C19H13Br9N2O4S2. The minimum atomic E-state index is -3.63. The second kappa shape index (κ2) is 12.9. The van der Waals surface area contributed by atoms with Crippen molar-refractivity contribution in [3.05, 3.63) is 59.9 Å². The summed E-state index contributed by atoms with van der Waals surface area (Å²) in [7, 11) is -7.27. The number of sulfone groups is 2. The highest BCUT2D eigenvalue weighted by Crippen LogP contribution is 2.45. The summed E-state index contributed by atoms with van der Waals surface area (Å²) in [6.07, 6.45) is 2.12. The normalized spacial score (nSPS) is 13.3. The first-order valence-corrected chi connectivity index (χ1v) is 19.3. The maximum atomic E-state index is 12.4. The topological polar surface area (TPSA) is 94.1 Å². The van der Waals surface area contributed by atoms with E-state index in [9.17, 15) is 16.8 Å². The van der Waals surface area contributed by atoms with Gasteiger partial charge < -0.3 is 0 Å². The van der Waals surface area contributed by atoms with Crippen molar-refractivity contribution >= 4 is 174 Å². The van der Waals surface area contributed by atoms with Crippen LogP contribution in [0.15, 0.2) is 58.6 Å². The van der Waals surface area contributed by atoms with Crippen LogP contribution < -0.4 is 0 Å². The van der Waals surface area contributed by atoms with Gasteiger partial charge in [0.05, 0.1) is 10.4 Å². The fraction of sp³-hybridized carbons (Fsp3) is 0.263. The Morgan fingerprint density at radius 2 is 1.33 bits per heavy atom. The average molecular weight is 1120 g/mol. The number of rotatable bonds is 3. The van der Waals surface area contributed by atoms with Gasteiger partial charge in [-0.3, -0.25) is 4.98 Å². The van der Waals surface area contributed by atoms with Gasteiger partial charge >= 0.3 is 0 Å². The van der Waals surface area contributed by atoms with E-state index in [1.807, 2.05) is 25.1 Å². The van der Waals surface area contributed by atoms with Crippen molar-refractivity contribution < 1.29 is 16.8 Å². The number of benzene rings is 1. The van der Waals surface area contributed by atoms with Gasteiger partial charge in [-0.15, -0.1) is 0 Å². The summed E-state index contributed by atoms with van der Waals surface area (Å²) in [5.41, 5.74) is 2.12. The number of pyridine rings is 2. The zero-order valence-electron chi connectivity index (χ0n) is 17.6. The van der Waals surface area contributed by atoms with Crippen LogP contribution in [0.5, 0.6) is 0 Å². The van der Waals surface area contributed by atoms with Gasteiger partial charge in [-0.05, 0) is 126 Å². The molecule has 0 fully saturated rings. The molecule has 2 heterocycles. The van der Waals surface area contributed by atoms with E-state index in [0.717, 1.165) is 16.6 Å². The lowest BCUT2D eigenvalue weighted by atomic mass is 10.2. The van der Waals surface area contributed by atoms with Crippen LogP contribution in [0.4, 0.5) is 0 Å². The van der Waals surface area contributed by atoms with E-state index in [0.29, 0.717) is 11.9 Å². The molecule has 0 N–H and O–H groups in total. The summed E-state index contributed by atoms with van der Waals surface area (Å²) in [5.74, 6) is 0. The molecule has 6 nitrogen and oxygen atoms in total. The highest BCUT2D eigenvalue weighted by Gasteiger charge is 2.39. The number of aromatic nitrogens is 2. The fourth-order valence-electron chi connectivity index (χ4n) is 2.58. The number of hydrogen-bond acceptors (Lipinski definition) is 6. The first kappa shape index (κ1) is 34.2. The van der Waals surface area contributed by atoms with Crippen LogP contribution in [0.1, 0.15) is 11.3 Å². The smallest absolute Gasteiger partial charge is 0.240 e. The van der Waals surface area contributed by atoms with Crippen molar-refractivity contribution in [2.75, 3.05) is 0 Å². The Labute approximate surface area is 284 Å². The standard InChI is InChI=1S/C11H8Br3NO2S.C8H5Br6NO2S/c1-7-5-6-8-3-2-4-9(10(8)15-7)18(16,17)11(12,13)14;9-7(10,11)3-5-1-2-6(15-4-5)18(16,17)8(12,13)14/h2-6H,1H3;1-2,4H,3H2. The molecule has 0 saturated heterocycles. The van der Waals surface area contributed by atoms with E-state index in [-0.39, 0.29) is 9.92 Å². The second-order valence-corrected chi connectivity index (χ2v) is 35.0. The quantitative estimate of drug-likeness (QED) is 0.243. The number of nitrogens with zero attached hydrogens (tertiary/aromatic N) is 2. The van der Waals surface area contributed by atoms with E-state index in [1.54, 1.807) is 18.2 Å². The predicted molar refractivity (Wildman–Crippen MR) is 177 cm³/mol. The lowest BCUT2D eigenvalue weighted by molar-refractivity contribution is 0.594. The fourth-order valence-corrected chi connectivity index (χ4v) is 8.22. The van der Waals surface area contributed by atoms with Crippen LogP contribution in [-0.4, -0.2) is 31.9 Å². The number of para-hydroxylation sites is 1. The summed E-state index contributed by atoms with van der Waals surface area (Å²) in [6, 6.07) is 11.9. The largest absolute Gasteiger partial charge is 0.252 e. The molecule has 0 amide bonds. The third-order valence-corrected chi connectivity index (χ3v) is 15.6. The molecule has 3 rings (SSSR count). The van der Waals surface area contributed by atoms with Gasteiger partial charge in [0.25, 0.3) is 0 Å². The van der Waals surface area contributed by atoms with Gasteiger partial charge in [0.15, 0.2) is 5.03 Å². The second-order valence-electron chi connectivity index (χ2n) is 6.98. The maximum absolute atomic E-state index is 12.4. The van der Waals surface area contributed by atoms with E-state index in [4.69, 9.17) is 0 Å². The minimum absolute atomic E-state index is 0.0267. The SMILES string of the molecule is Cc1ccc2cccc(S(=O)(=O)C(Br)(Br)Br)c2n1.O=S(=O)(c1ccc(CC(Br)(Br)Br)cn1)C(Br)(Br)Br. The first-order valence-electron chi connectivity index (χ1n) is 9.17. The molecule has 0 atom stereocenters. The van der Waals surface area contributed by atoms with Crippen molar-refractivity contribution in [2.45, 2.75) is 28.4 Å². The minimum Gasteiger partial charge on any atom is -0.252 e. The van der Waals surface area contributed by atoms with Gasteiger partial charge in [-0.2, -0.15) is 0 Å². The van der Waals surface area contributed by atoms with Crippen molar-refractivity contribution in [2.24, 2.45) is 0 Å². The van der Waals surface area contributed by atoms with E-state index >= 15 is 0 Å². The van der Waals surface area contributed by atoms with E-state index < -0.39 is 24.8 Å². The molecule has 0 radical (unpaired) electrons. The third-order valence-electron chi connectivity index (χ3n) is 4.20. The molecule has 2 aromatic heterocycles. The number of alkyl halides is 9. The van der Waals surface area contributed by atoms with Gasteiger partial charge in [0.1, 0.15) is 2.14 Å². The first-order chi connectivity index (χ1) is 16.2. The molecule has 0 spiro atoms. The summed E-state index contributed by atoms with van der Waals surface area (Å²) in [6.45, 7) is 1.83. The van der Waals surface area contributed by atoms with Gasteiger partial charge in [0.2, 0.25) is 22.6 Å². The highest BCUT2D eigenvalue weighted by molar-refractivity contribution is 9.42. The van der Waals surface area contributed by atoms with Gasteiger partial charge in [-0.25, -0.2) is 21.8 Å². The lowest BCUT2D eigenvalue weighted by Crippen LogP contribution is -2.19. The summed E-state index contributed by atoms with van der Waals surface area (Å²) < 4.78 is 45.6. The average Bonchev–Trinajstić information content (AvgIpc) is 2.71. The molecule has 36 heavy (non-hydrogen) atoms. The Balaban J connectivity index is 0.000000254. The zero-order valence-corrected chi connectivity index (χ0v) is 33.5. The molecule has 0 aliphatic carbocycles. The number of halogens is 9. The molecule has 0 aliphatic rings. The zero-order chi connectivity index (χ0) is 27.7. The summed E-state index contributed by atoms with van der Waals surface area (Å²) in [5, 5.41) is 0.764. The summed E-state index contributed by atoms with van der Waals surface area (Å²) in [4.78, 5) is 8.45. The lowest BCUT2D eigenvalue weighted by Gasteiger charge is -2.15. The Kier molecular flexibility index (Phi) is 12.2. The van der Waals surface area contributed by atoms with Gasteiger partial charge in [-0.1, -0.05) is 72.1 Å². The number of fused-ring (bicyclic) bond motifs is 1. The maximum Gasteiger partial charge on any atom is 0.240 e. The monoisotopic (exact) mass is 1110 g/mol. The number of aryl methyl sites for hydroxylation is 1. The third kappa shape index (κ3) is 9.00. The molecule has 3 aromatic rings. The van der Waals surface area contributed by atoms with Crippen LogP contribution in [-0.2, 0) is 26.1 Å². The number of hydrogen-bond donors (Lipinski definition) is 0. The molecule has 17 heteroatoms. The Morgan fingerprint density at radius 1 is 0.750 bits per heavy atom. The molecular weight excluding hydrogens is 1100 g/mol. The summed E-state index contributed by atoms with van der Waals surface area (Å²) >= 11 is 28.2. The Morgan fingerprint density at radius 3 is 1.81 bits per heavy atom. The van der Waals surface area contributed by atoms with Crippen molar-refractivity contribution in [3.8, 4) is 0 Å². The van der Waals surface area contributed by atoms with Crippen molar-refractivity contribution in [1.82, 2.24) is 9.97 Å². The molecule has 0 unspecified atom stereocenters. The Bertz CT molecular complexity index is 1450. The van der Waals surface area contributed by atoms with Crippen molar-refractivity contribution in [1.29, 1.82) is 0 Å². The van der Waals surface area contributed by atoms with Crippen LogP contribution >= 0.6 is 143 Å². The molecule has 0 aliphatic heterocycles. The predicted octanol–water partition coefficient (Wildman–Crippen LogP) is 9.15. The molecule has 1 aromatic carbocycles. The van der Waals surface area contributed by atoms with Crippen molar-refractivity contribution in [3.63, 3.8) is 0 Å². The van der Waals surface area contributed by atoms with Crippen LogP contribution in [0, 0.1) is 6.92 Å². The molecule has 0 bridgehead atoms. The van der Waals surface area contributed by atoms with Crippen LogP contribution in [0.3, 0.4) is 0 Å². The highest BCUT2D eigenvalue weighted by atomic mass is 80.0. The van der Waals surface area contributed by atoms with E-state index in [1.165, 1.54) is 12.3 Å². The molecule has 198 valence electrons. The molecule has 0 saturated carbocycles. The van der Waals surface area contributed by atoms with Crippen LogP contribution in [0.2, 0.25) is 0 Å². The van der Waals surface area contributed by atoms with Gasteiger partial charge in [0, 0.05) is 23.7 Å². The van der Waals surface area contributed by atoms with E-state index in [2.05, 4.69) is 153 Å².